The predicted molar refractivity (Wildman–Crippen MR) is 78.4 cm³/mol. The van der Waals surface area contributed by atoms with E-state index in [1.54, 1.807) is 6.92 Å². The number of hydrogen-bond acceptors (Lipinski definition) is 3. The molecule has 106 valence electrons. The van der Waals surface area contributed by atoms with E-state index in [0.717, 1.165) is 23.1 Å². The SMILES string of the molecule is C/C(=N/Nc1ccc(F)cc1F)c1cc2ccccc2o1. The first kappa shape index (κ1) is 13.3. The van der Waals surface area contributed by atoms with Crippen molar-refractivity contribution in [1.29, 1.82) is 0 Å². The lowest BCUT2D eigenvalue weighted by Crippen LogP contribution is -2.00. The van der Waals surface area contributed by atoms with Crippen molar-refractivity contribution < 1.29 is 13.2 Å². The van der Waals surface area contributed by atoms with E-state index in [4.69, 9.17) is 4.42 Å². The van der Waals surface area contributed by atoms with Crippen LogP contribution in [0.2, 0.25) is 0 Å². The molecule has 2 aromatic carbocycles. The Balaban J connectivity index is 1.85. The highest BCUT2D eigenvalue weighted by Gasteiger charge is 2.07. The number of furan rings is 1. The zero-order valence-corrected chi connectivity index (χ0v) is 11.2. The van der Waals surface area contributed by atoms with E-state index >= 15 is 0 Å². The maximum Gasteiger partial charge on any atom is 0.151 e. The minimum absolute atomic E-state index is 0.104. The molecule has 0 bridgehead atoms. The van der Waals surface area contributed by atoms with Gasteiger partial charge in [-0.25, -0.2) is 8.78 Å². The van der Waals surface area contributed by atoms with Gasteiger partial charge < -0.3 is 4.42 Å². The maximum absolute atomic E-state index is 13.5. The van der Waals surface area contributed by atoms with Crippen LogP contribution in [0.3, 0.4) is 0 Å². The fraction of sp³-hybridized carbons (Fsp3) is 0.0625. The first-order chi connectivity index (χ1) is 10.1. The Morgan fingerprint density at radius 1 is 1.10 bits per heavy atom. The lowest BCUT2D eigenvalue weighted by Gasteiger charge is -2.03. The third-order valence-corrected chi connectivity index (χ3v) is 3.06. The van der Waals surface area contributed by atoms with Crippen LogP contribution in [-0.4, -0.2) is 5.71 Å². The lowest BCUT2D eigenvalue weighted by molar-refractivity contribution is 0.585. The number of halogens is 2. The van der Waals surface area contributed by atoms with Gasteiger partial charge in [-0.05, 0) is 31.2 Å². The standard InChI is InChI=1S/C16H12F2N2O/c1-10(16-8-11-4-2-3-5-15(11)21-16)19-20-14-7-6-12(17)9-13(14)18/h2-9,20H,1H3/b19-10-. The number of fused-ring (bicyclic) bond motifs is 1. The van der Waals surface area contributed by atoms with Gasteiger partial charge in [0.05, 0.1) is 5.69 Å². The summed E-state index contributed by atoms with van der Waals surface area (Å²) in [5, 5.41) is 5.03. The molecule has 0 atom stereocenters. The molecule has 0 aliphatic rings. The molecule has 1 heterocycles. The van der Waals surface area contributed by atoms with Crippen molar-refractivity contribution in [3.63, 3.8) is 0 Å². The van der Waals surface area contributed by atoms with E-state index < -0.39 is 11.6 Å². The van der Waals surface area contributed by atoms with Crippen molar-refractivity contribution in [2.45, 2.75) is 6.92 Å². The normalized spacial score (nSPS) is 11.9. The molecule has 21 heavy (non-hydrogen) atoms. The minimum atomic E-state index is -0.698. The molecule has 1 N–H and O–H groups in total. The molecule has 0 amide bonds. The Morgan fingerprint density at radius 2 is 1.90 bits per heavy atom. The van der Waals surface area contributed by atoms with Gasteiger partial charge in [0.1, 0.15) is 17.1 Å². The lowest BCUT2D eigenvalue weighted by atomic mass is 10.2. The zero-order chi connectivity index (χ0) is 14.8. The molecule has 3 rings (SSSR count). The minimum Gasteiger partial charge on any atom is -0.455 e. The zero-order valence-electron chi connectivity index (χ0n) is 11.2. The Labute approximate surface area is 119 Å². The third-order valence-electron chi connectivity index (χ3n) is 3.06. The van der Waals surface area contributed by atoms with Gasteiger partial charge >= 0.3 is 0 Å². The Morgan fingerprint density at radius 3 is 2.67 bits per heavy atom. The van der Waals surface area contributed by atoms with E-state index in [1.165, 1.54) is 6.07 Å². The van der Waals surface area contributed by atoms with Crippen molar-refractivity contribution >= 4 is 22.4 Å². The molecule has 0 saturated carbocycles. The molecule has 0 unspecified atom stereocenters. The van der Waals surface area contributed by atoms with Crippen molar-refractivity contribution in [2.24, 2.45) is 5.10 Å². The number of hydrogen-bond donors (Lipinski definition) is 1. The average Bonchev–Trinajstić information content (AvgIpc) is 2.90. The largest absolute Gasteiger partial charge is 0.455 e. The highest BCUT2D eigenvalue weighted by Crippen LogP contribution is 2.20. The number of nitrogens with one attached hydrogen (secondary N) is 1. The number of nitrogens with zero attached hydrogens (tertiary/aromatic N) is 1. The van der Waals surface area contributed by atoms with Crippen molar-refractivity contribution in [2.75, 3.05) is 5.43 Å². The van der Waals surface area contributed by atoms with Gasteiger partial charge in [-0.1, -0.05) is 18.2 Å². The molecule has 0 saturated heterocycles. The Kier molecular flexibility index (Phi) is 3.39. The second-order valence-electron chi connectivity index (χ2n) is 4.58. The van der Waals surface area contributed by atoms with Gasteiger partial charge in [0, 0.05) is 11.5 Å². The van der Waals surface area contributed by atoms with Gasteiger partial charge in [-0.15, -0.1) is 0 Å². The molecule has 3 nitrogen and oxygen atoms in total. The summed E-state index contributed by atoms with van der Waals surface area (Å²) in [5.41, 5.74) is 4.00. The predicted octanol–water partition coefficient (Wildman–Crippen LogP) is 4.55. The van der Waals surface area contributed by atoms with E-state index in [2.05, 4.69) is 10.5 Å². The second kappa shape index (κ2) is 5.36. The van der Waals surface area contributed by atoms with Crippen LogP contribution in [0, 0.1) is 11.6 Å². The topological polar surface area (TPSA) is 37.5 Å². The van der Waals surface area contributed by atoms with Crippen LogP contribution < -0.4 is 5.43 Å². The summed E-state index contributed by atoms with van der Waals surface area (Å²) in [7, 11) is 0. The van der Waals surface area contributed by atoms with E-state index in [9.17, 15) is 8.78 Å². The first-order valence-corrected chi connectivity index (χ1v) is 6.38. The number of para-hydroxylation sites is 1. The van der Waals surface area contributed by atoms with Crippen LogP contribution in [0.5, 0.6) is 0 Å². The van der Waals surface area contributed by atoms with Gasteiger partial charge in [0.15, 0.2) is 11.6 Å². The quantitative estimate of drug-likeness (QED) is 0.566. The molecule has 0 spiro atoms. The van der Waals surface area contributed by atoms with Gasteiger partial charge in [0.25, 0.3) is 0 Å². The second-order valence-corrected chi connectivity index (χ2v) is 4.58. The van der Waals surface area contributed by atoms with E-state index in [-0.39, 0.29) is 5.69 Å². The van der Waals surface area contributed by atoms with E-state index in [1.807, 2.05) is 30.3 Å². The summed E-state index contributed by atoms with van der Waals surface area (Å²) >= 11 is 0. The molecular formula is C16H12F2N2O. The van der Waals surface area contributed by atoms with Gasteiger partial charge in [-0.3, -0.25) is 5.43 Å². The monoisotopic (exact) mass is 286 g/mol. The molecule has 1 aromatic heterocycles. The van der Waals surface area contributed by atoms with Crippen LogP contribution in [0.4, 0.5) is 14.5 Å². The number of anilines is 1. The van der Waals surface area contributed by atoms with Crippen LogP contribution >= 0.6 is 0 Å². The number of hydrazone groups is 1. The smallest absolute Gasteiger partial charge is 0.151 e. The Hall–Kier alpha value is -2.69. The van der Waals surface area contributed by atoms with E-state index in [0.29, 0.717) is 11.5 Å². The first-order valence-electron chi connectivity index (χ1n) is 6.38. The third kappa shape index (κ3) is 2.76. The van der Waals surface area contributed by atoms with Crippen LogP contribution in [0.25, 0.3) is 11.0 Å². The summed E-state index contributed by atoms with van der Waals surface area (Å²) in [6.45, 7) is 1.74. The van der Waals surface area contributed by atoms with Crippen LogP contribution in [0.15, 0.2) is 58.0 Å². The maximum atomic E-state index is 13.5. The molecule has 0 aliphatic heterocycles. The van der Waals surface area contributed by atoms with Crippen molar-refractivity contribution in [1.82, 2.24) is 0 Å². The summed E-state index contributed by atoms with van der Waals surface area (Å²) in [6, 6.07) is 12.7. The van der Waals surface area contributed by atoms with Crippen molar-refractivity contribution in [3.8, 4) is 0 Å². The van der Waals surface area contributed by atoms with Crippen LogP contribution in [0.1, 0.15) is 12.7 Å². The van der Waals surface area contributed by atoms with Crippen molar-refractivity contribution in [3.05, 3.63) is 65.9 Å². The van der Waals surface area contributed by atoms with Crippen LogP contribution in [-0.2, 0) is 0 Å². The summed E-state index contributed by atoms with van der Waals surface area (Å²) in [6.07, 6.45) is 0. The van der Waals surface area contributed by atoms with Gasteiger partial charge in [-0.2, -0.15) is 5.10 Å². The highest BCUT2D eigenvalue weighted by atomic mass is 19.1. The molecular weight excluding hydrogens is 274 g/mol. The summed E-state index contributed by atoms with van der Waals surface area (Å²) < 4.78 is 31.9. The molecule has 5 heteroatoms. The molecule has 3 aromatic rings. The number of rotatable bonds is 3. The molecule has 0 aliphatic carbocycles. The fourth-order valence-electron chi connectivity index (χ4n) is 1.94. The fourth-order valence-corrected chi connectivity index (χ4v) is 1.94. The molecule has 0 fully saturated rings. The Bertz CT molecular complexity index is 791. The summed E-state index contributed by atoms with van der Waals surface area (Å²) in [4.78, 5) is 0. The summed E-state index contributed by atoms with van der Waals surface area (Å²) in [5.74, 6) is -0.738. The highest BCUT2D eigenvalue weighted by molar-refractivity contribution is 6.00. The molecule has 0 radical (unpaired) electrons. The van der Waals surface area contributed by atoms with Gasteiger partial charge in [0.2, 0.25) is 0 Å². The number of benzene rings is 2. The average molecular weight is 286 g/mol.